The minimum atomic E-state index is -0.314. The SMILES string of the molecule is CCCCCCCCNC(=O)/C(C#N)=C/c1ccc(Cl)cc1. The Morgan fingerprint density at radius 1 is 1.18 bits per heavy atom. The quantitative estimate of drug-likeness (QED) is 0.407. The van der Waals surface area contributed by atoms with Crippen LogP contribution in [-0.2, 0) is 4.79 Å². The lowest BCUT2D eigenvalue weighted by Crippen LogP contribution is -2.25. The molecule has 0 saturated heterocycles. The summed E-state index contributed by atoms with van der Waals surface area (Å²) >= 11 is 5.81. The number of carbonyl (C=O) groups excluding carboxylic acids is 1. The number of nitrogens with zero attached hydrogens (tertiary/aromatic N) is 1. The summed E-state index contributed by atoms with van der Waals surface area (Å²) in [6.07, 6.45) is 8.61. The molecule has 0 aliphatic carbocycles. The van der Waals surface area contributed by atoms with Gasteiger partial charge in [-0.15, -0.1) is 0 Å². The lowest BCUT2D eigenvalue weighted by atomic mass is 10.1. The first kappa shape index (κ1) is 18.3. The Hall–Kier alpha value is -1.79. The van der Waals surface area contributed by atoms with Crippen LogP contribution in [-0.4, -0.2) is 12.5 Å². The van der Waals surface area contributed by atoms with Gasteiger partial charge in [0.1, 0.15) is 11.6 Å². The van der Waals surface area contributed by atoms with Crippen LogP contribution < -0.4 is 5.32 Å². The minimum absolute atomic E-state index is 0.119. The second-order valence-electron chi connectivity index (χ2n) is 5.25. The first-order valence-corrected chi connectivity index (χ1v) is 8.20. The molecule has 4 heteroatoms. The second-order valence-corrected chi connectivity index (χ2v) is 5.68. The molecule has 1 aromatic carbocycles. The predicted molar refractivity (Wildman–Crippen MR) is 91.4 cm³/mol. The van der Waals surface area contributed by atoms with Crippen molar-refractivity contribution in [3.05, 3.63) is 40.4 Å². The van der Waals surface area contributed by atoms with Crippen LogP contribution in [0.4, 0.5) is 0 Å². The van der Waals surface area contributed by atoms with Gasteiger partial charge in [0, 0.05) is 11.6 Å². The topological polar surface area (TPSA) is 52.9 Å². The average Bonchev–Trinajstić information content (AvgIpc) is 2.53. The van der Waals surface area contributed by atoms with Gasteiger partial charge in [-0.2, -0.15) is 5.26 Å². The van der Waals surface area contributed by atoms with E-state index in [4.69, 9.17) is 16.9 Å². The van der Waals surface area contributed by atoms with E-state index in [0.717, 1.165) is 18.4 Å². The van der Waals surface area contributed by atoms with Crippen molar-refractivity contribution < 1.29 is 4.79 Å². The summed E-state index contributed by atoms with van der Waals surface area (Å²) in [6, 6.07) is 8.97. The third-order valence-electron chi connectivity index (χ3n) is 3.36. The fourth-order valence-corrected chi connectivity index (χ4v) is 2.20. The molecule has 22 heavy (non-hydrogen) atoms. The van der Waals surface area contributed by atoms with E-state index in [1.807, 2.05) is 6.07 Å². The number of unbranched alkanes of at least 4 members (excludes halogenated alkanes) is 5. The van der Waals surface area contributed by atoms with Crippen molar-refractivity contribution >= 4 is 23.6 Å². The second kappa shape index (κ2) is 10.9. The molecule has 0 atom stereocenters. The molecule has 0 unspecified atom stereocenters. The molecule has 118 valence electrons. The minimum Gasteiger partial charge on any atom is -0.351 e. The first-order chi connectivity index (χ1) is 10.7. The van der Waals surface area contributed by atoms with Gasteiger partial charge in [-0.1, -0.05) is 62.8 Å². The molecule has 0 aliphatic rings. The lowest BCUT2D eigenvalue weighted by molar-refractivity contribution is -0.117. The number of hydrogen-bond donors (Lipinski definition) is 1. The zero-order chi connectivity index (χ0) is 16.2. The van der Waals surface area contributed by atoms with Gasteiger partial charge in [-0.3, -0.25) is 4.79 Å². The van der Waals surface area contributed by atoms with Crippen LogP contribution in [0, 0.1) is 11.3 Å². The average molecular weight is 319 g/mol. The van der Waals surface area contributed by atoms with Gasteiger partial charge in [-0.05, 0) is 30.2 Å². The maximum Gasteiger partial charge on any atom is 0.261 e. The molecular weight excluding hydrogens is 296 g/mol. The van der Waals surface area contributed by atoms with Gasteiger partial charge in [0.2, 0.25) is 0 Å². The fraction of sp³-hybridized carbons (Fsp3) is 0.444. The maximum absolute atomic E-state index is 12.0. The van der Waals surface area contributed by atoms with Crippen molar-refractivity contribution in [2.75, 3.05) is 6.54 Å². The van der Waals surface area contributed by atoms with Crippen LogP contribution >= 0.6 is 11.6 Å². The van der Waals surface area contributed by atoms with E-state index in [9.17, 15) is 4.79 Å². The number of nitrogens with one attached hydrogen (secondary N) is 1. The van der Waals surface area contributed by atoms with E-state index >= 15 is 0 Å². The zero-order valence-electron chi connectivity index (χ0n) is 13.1. The highest BCUT2D eigenvalue weighted by Gasteiger charge is 2.08. The monoisotopic (exact) mass is 318 g/mol. The molecule has 0 radical (unpaired) electrons. The Kier molecular flexibility index (Phi) is 9.02. The summed E-state index contributed by atoms with van der Waals surface area (Å²) in [5.74, 6) is -0.314. The molecule has 0 aliphatic heterocycles. The molecule has 0 fully saturated rings. The smallest absolute Gasteiger partial charge is 0.261 e. The molecule has 1 aromatic rings. The van der Waals surface area contributed by atoms with E-state index < -0.39 is 0 Å². The van der Waals surface area contributed by atoms with Crippen LogP contribution in [0.15, 0.2) is 29.8 Å². The summed E-state index contributed by atoms with van der Waals surface area (Å²) in [5, 5.41) is 12.5. The number of benzene rings is 1. The summed E-state index contributed by atoms with van der Waals surface area (Å²) in [6.45, 7) is 2.81. The fourth-order valence-electron chi connectivity index (χ4n) is 2.08. The number of carbonyl (C=O) groups is 1. The largest absolute Gasteiger partial charge is 0.351 e. The van der Waals surface area contributed by atoms with Gasteiger partial charge in [0.15, 0.2) is 0 Å². The molecule has 1 amide bonds. The highest BCUT2D eigenvalue weighted by molar-refractivity contribution is 6.30. The summed E-state index contributed by atoms with van der Waals surface area (Å²) in [5.41, 5.74) is 0.906. The van der Waals surface area contributed by atoms with Crippen molar-refractivity contribution in [2.45, 2.75) is 45.4 Å². The molecular formula is C18H23ClN2O. The van der Waals surface area contributed by atoms with Crippen molar-refractivity contribution in [1.82, 2.24) is 5.32 Å². The molecule has 0 saturated carbocycles. The molecule has 0 aromatic heterocycles. The third-order valence-corrected chi connectivity index (χ3v) is 3.61. The van der Waals surface area contributed by atoms with E-state index in [0.29, 0.717) is 11.6 Å². The van der Waals surface area contributed by atoms with E-state index in [-0.39, 0.29) is 11.5 Å². The van der Waals surface area contributed by atoms with Crippen LogP contribution in [0.5, 0.6) is 0 Å². The van der Waals surface area contributed by atoms with Gasteiger partial charge in [0.05, 0.1) is 0 Å². The number of hydrogen-bond acceptors (Lipinski definition) is 2. The van der Waals surface area contributed by atoms with Gasteiger partial charge in [-0.25, -0.2) is 0 Å². The number of amides is 1. The molecule has 0 spiro atoms. The standard InChI is InChI=1S/C18H23ClN2O/c1-2-3-4-5-6-7-12-21-18(22)16(14-20)13-15-8-10-17(19)11-9-15/h8-11,13H,2-7,12H2,1H3,(H,21,22)/b16-13+. The van der Waals surface area contributed by atoms with Crippen LogP contribution in [0.1, 0.15) is 51.0 Å². The number of nitriles is 1. The Bertz CT molecular complexity index is 529. The zero-order valence-corrected chi connectivity index (χ0v) is 13.8. The van der Waals surface area contributed by atoms with E-state index in [1.54, 1.807) is 30.3 Å². The predicted octanol–water partition coefficient (Wildman–Crippen LogP) is 4.72. The van der Waals surface area contributed by atoms with Crippen molar-refractivity contribution in [3.8, 4) is 6.07 Å². The Balaban J connectivity index is 2.38. The third kappa shape index (κ3) is 7.28. The van der Waals surface area contributed by atoms with Crippen LogP contribution in [0.3, 0.4) is 0 Å². The highest BCUT2D eigenvalue weighted by Crippen LogP contribution is 2.12. The summed E-state index contributed by atoms with van der Waals surface area (Å²) in [7, 11) is 0. The van der Waals surface area contributed by atoms with Crippen LogP contribution in [0.25, 0.3) is 6.08 Å². The molecule has 0 heterocycles. The molecule has 1 rings (SSSR count). The van der Waals surface area contributed by atoms with Gasteiger partial charge < -0.3 is 5.32 Å². The summed E-state index contributed by atoms with van der Waals surface area (Å²) in [4.78, 5) is 12.0. The normalized spacial score (nSPS) is 11.0. The first-order valence-electron chi connectivity index (χ1n) is 7.83. The van der Waals surface area contributed by atoms with Gasteiger partial charge >= 0.3 is 0 Å². The Morgan fingerprint density at radius 2 is 1.82 bits per heavy atom. The Morgan fingerprint density at radius 3 is 2.45 bits per heavy atom. The van der Waals surface area contributed by atoms with Crippen molar-refractivity contribution in [1.29, 1.82) is 5.26 Å². The number of halogens is 1. The van der Waals surface area contributed by atoms with Gasteiger partial charge in [0.25, 0.3) is 5.91 Å². The molecule has 0 bridgehead atoms. The van der Waals surface area contributed by atoms with Crippen LogP contribution in [0.2, 0.25) is 5.02 Å². The maximum atomic E-state index is 12.0. The summed E-state index contributed by atoms with van der Waals surface area (Å²) < 4.78 is 0. The van der Waals surface area contributed by atoms with E-state index in [1.165, 1.54) is 25.7 Å². The van der Waals surface area contributed by atoms with Crippen molar-refractivity contribution in [3.63, 3.8) is 0 Å². The number of rotatable bonds is 9. The molecule has 3 nitrogen and oxygen atoms in total. The lowest BCUT2D eigenvalue weighted by Gasteiger charge is -2.04. The Labute approximate surface area is 138 Å². The van der Waals surface area contributed by atoms with E-state index in [2.05, 4.69) is 12.2 Å². The van der Waals surface area contributed by atoms with Crippen molar-refractivity contribution in [2.24, 2.45) is 0 Å². The highest BCUT2D eigenvalue weighted by atomic mass is 35.5. The molecule has 1 N–H and O–H groups in total.